The Kier molecular flexibility index (Phi) is 24.0. The van der Waals surface area contributed by atoms with Crippen molar-refractivity contribution in [1.82, 2.24) is 4.98 Å². The SMILES string of the molecule is CCC.CN[SiH2]Cl. The summed E-state index contributed by atoms with van der Waals surface area (Å²) in [7, 11) is 1.51. The van der Waals surface area contributed by atoms with Crippen LogP contribution in [0.15, 0.2) is 0 Å². The van der Waals surface area contributed by atoms with Crippen LogP contribution in [0.25, 0.3) is 0 Å². The lowest BCUT2D eigenvalue weighted by molar-refractivity contribution is 1.09. The second kappa shape index (κ2) is 16.1. The van der Waals surface area contributed by atoms with Crippen molar-refractivity contribution in [2.75, 3.05) is 7.05 Å². The zero-order chi connectivity index (χ0) is 6.12. The maximum absolute atomic E-state index is 5.21. The molecule has 0 saturated carbocycles. The van der Waals surface area contributed by atoms with E-state index in [1.165, 1.54) is 6.42 Å². The van der Waals surface area contributed by atoms with E-state index in [0.29, 0.717) is 0 Å². The highest BCUT2D eigenvalue weighted by Crippen LogP contribution is 1.56. The van der Waals surface area contributed by atoms with Gasteiger partial charge in [-0.3, -0.25) is 0 Å². The normalized spacial score (nSPS) is 8.57. The predicted octanol–water partition coefficient (Wildman–Crippen LogP) is 0.860. The Morgan fingerprint density at radius 3 is 1.71 bits per heavy atom. The molecule has 0 rings (SSSR count). The molecular weight excluding hydrogens is 126 g/mol. The number of halogens is 1. The lowest BCUT2D eigenvalue weighted by atomic mass is 10.6. The van der Waals surface area contributed by atoms with Crippen LogP contribution in [0.1, 0.15) is 20.3 Å². The first kappa shape index (κ1) is 10.4. The van der Waals surface area contributed by atoms with Crippen LogP contribution in [-0.4, -0.2) is 16.0 Å². The summed E-state index contributed by atoms with van der Waals surface area (Å²) in [5, 5.41) is 0. The van der Waals surface area contributed by atoms with Gasteiger partial charge < -0.3 is 4.98 Å². The van der Waals surface area contributed by atoms with Gasteiger partial charge in [0.2, 0.25) is 0 Å². The Morgan fingerprint density at radius 2 is 1.71 bits per heavy atom. The summed E-state index contributed by atoms with van der Waals surface area (Å²) in [4.78, 5) is 2.83. The van der Waals surface area contributed by atoms with Crippen molar-refractivity contribution in [3.05, 3.63) is 0 Å². The lowest BCUT2D eigenvalue weighted by Gasteiger charge is -1.71. The van der Waals surface area contributed by atoms with E-state index in [-0.39, 0.29) is 8.99 Å². The molecule has 3 heteroatoms. The Bertz CT molecular complexity index is 19.2. The molecule has 0 aromatic carbocycles. The van der Waals surface area contributed by atoms with Crippen LogP contribution in [0.3, 0.4) is 0 Å². The van der Waals surface area contributed by atoms with E-state index in [4.69, 9.17) is 11.1 Å². The van der Waals surface area contributed by atoms with Gasteiger partial charge >= 0.3 is 0 Å². The van der Waals surface area contributed by atoms with Crippen molar-refractivity contribution in [3.8, 4) is 0 Å². The minimum Gasteiger partial charge on any atom is -0.333 e. The van der Waals surface area contributed by atoms with Crippen LogP contribution >= 0.6 is 11.1 Å². The molecule has 0 aromatic heterocycles. The van der Waals surface area contributed by atoms with Crippen molar-refractivity contribution < 1.29 is 0 Å². The zero-order valence-electron chi connectivity index (χ0n) is 5.29. The zero-order valence-corrected chi connectivity index (χ0v) is 7.46. The third-order valence-electron chi connectivity index (χ3n) is 0.134. The molecule has 0 heterocycles. The van der Waals surface area contributed by atoms with Crippen molar-refractivity contribution >= 4 is 20.1 Å². The Hall–Kier alpha value is 0.467. The monoisotopic (exact) mass is 139 g/mol. The summed E-state index contributed by atoms with van der Waals surface area (Å²) in [6.45, 7) is 4.25. The lowest BCUT2D eigenvalue weighted by Crippen LogP contribution is -2.03. The third-order valence-corrected chi connectivity index (χ3v) is 1.20. The highest BCUT2D eigenvalue weighted by Gasteiger charge is 1.57. The van der Waals surface area contributed by atoms with Crippen LogP contribution in [0.5, 0.6) is 0 Å². The van der Waals surface area contributed by atoms with Crippen LogP contribution in [0, 0.1) is 0 Å². The Morgan fingerprint density at radius 1 is 1.57 bits per heavy atom. The summed E-state index contributed by atoms with van der Waals surface area (Å²) < 4.78 is 0. The molecule has 0 aliphatic rings. The van der Waals surface area contributed by atoms with E-state index in [1.807, 2.05) is 7.05 Å². The number of hydrogen-bond acceptors (Lipinski definition) is 1. The number of hydrogen-bond donors (Lipinski definition) is 1. The van der Waals surface area contributed by atoms with Crippen molar-refractivity contribution in [1.29, 1.82) is 0 Å². The first-order valence-electron chi connectivity index (χ1n) is 2.54. The van der Waals surface area contributed by atoms with Gasteiger partial charge in [-0.1, -0.05) is 20.3 Å². The molecule has 0 radical (unpaired) electrons. The fourth-order valence-corrected chi connectivity index (χ4v) is 0. The van der Waals surface area contributed by atoms with E-state index in [1.54, 1.807) is 0 Å². The largest absolute Gasteiger partial charge is 0.333 e. The van der Waals surface area contributed by atoms with E-state index in [0.717, 1.165) is 0 Å². The highest BCUT2D eigenvalue weighted by atomic mass is 35.6. The second-order valence-corrected chi connectivity index (χ2v) is 2.97. The van der Waals surface area contributed by atoms with Gasteiger partial charge in [-0.2, -0.15) is 11.1 Å². The molecule has 0 aliphatic carbocycles. The summed E-state index contributed by atoms with van der Waals surface area (Å²) in [5.74, 6) is 0. The van der Waals surface area contributed by atoms with Gasteiger partial charge in [-0.25, -0.2) is 0 Å². The van der Waals surface area contributed by atoms with Gasteiger partial charge in [0, 0.05) is 0 Å². The van der Waals surface area contributed by atoms with Gasteiger partial charge in [-0.15, -0.1) is 0 Å². The molecule has 0 fully saturated rings. The molecule has 0 aliphatic heterocycles. The Labute approximate surface area is 53.1 Å². The standard InChI is InChI=1S/C3H8.CH6ClNSi/c1-3-2;1-3-4-2/h3H2,1-2H3;3H,4H2,1H3. The molecule has 0 aromatic rings. The fraction of sp³-hybridized carbons (Fsp3) is 1.00. The van der Waals surface area contributed by atoms with Crippen molar-refractivity contribution in [3.63, 3.8) is 0 Å². The topological polar surface area (TPSA) is 12.0 Å². The highest BCUT2D eigenvalue weighted by molar-refractivity contribution is 6.92. The third kappa shape index (κ3) is 60.0. The van der Waals surface area contributed by atoms with Crippen LogP contribution < -0.4 is 4.98 Å². The van der Waals surface area contributed by atoms with Crippen LogP contribution in [-0.2, 0) is 0 Å². The van der Waals surface area contributed by atoms with E-state index in [2.05, 4.69) is 18.8 Å². The maximum Gasteiger partial charge on any atom is 0.195 e. The van der Waals surface area contributed by atoms with Gasteiger partial charge in [-0.05, 0) is 7.05 Å². The van der Waals surface area contributed by atoms with E-state index in [9.17, 15) is 0 Å². The molecular formula is C4H14ClNSi. The summed E-state index contributed by atoms with van der Waals surface area (Å²) in [6, 6.07) is 0. The van der Waals surface area contributed by atoms with Gasteiger partial charge in [0.1, 0.15) is 0 Å². The molecule has 46 valence electrons. The molecule has 7 heavy (non-hydrogen) atoms. The molecule has 0 unspecified atom stereocenters. The molecule has 1 N–H and O–H groups in total. The minimum absolute atomic E-state index is 0.353. The molecule has 0 spiro atoms. The molecule has 1 nitrogen and oxygen atoms in total. The van der Waals surface area contributed by atoms with Crippen LogP contribution in [0.2, 0.25) is 0 Å². The number of nitrogens with one attached hydrogen (secondary N) is 1. The summed E-state index contributed by atoms with van der Waals surface area (Å²) in [6.07, 6.45) is 1.25. The van der Waals surface area contributed by atoms with Crippen molar-refractivity contribution in [2.24, 2.45) is 0 Å². The smallest absolute Gasteiger partial charge is 0.195 e. The molecule has 0 bridgehead atoms. The van der Waals surface area contributed by atoms with Gasteiger partial charge in [0.15, 0.2) is 8.99 Å². The average molecular weight is 140 g/mol. The van der Waals surface area contributed by atoms with Gasteiger partial charge in [0.05, 0.1) is 0 Å². The quantitative estimate of drug-likeness (QED) is 0.420. The minimum atomic E-state index is -0.353. The summed E-state index contributed by atoms with van der Waals surface area (Å²) in [5.41, 5.74) is 0. The molecule has 0 saturated heterocycles. The predicted molar refractivity (Wildman–Crippen MR) is 39.4 cm³/mol. The summed E-state index contributed by atoms with van der Waals surface area (Å²) >= 11 is 5.21. The Balaban J connectivity index is 0. The van der Waals surface area contributed by atoms with Gasteiger partial charge in [0.25, 0.3) is 0 Å². The van der Waals surface area contributed by atoms with Crippen LogP contribution in [0.4, 0.5) is 0 Å². The second-order valence-electron chi connectivity index (χ2n) is 1.19. The van der Waals surface area contributed by atoms with Crippen molar-refractivity contribution in [2.45, 2.75) is 20.3 Å². The fourth-order valence-electron chi connectivity index (χ4n) is 0. The molecule has 0 amide bonds. The molecule has 0 atom stereocenters. The first-order valence-corrected chi connectivity index (χ1v) is 5.38. The first-order chi connectivity index (χ1) is 3.33. The maximum atomic E-state index is 5.21. The van der Waals surface area contributed by atoms with E-state index < -0.39 is 0 Å². The number of rotatable bonds is 1. The average Bonchev–Trinajstić information content (AvgIpc) is 1.69. The van der Waals surface area contributed by atoms with E-state index >= 15 is 0 Å².